The van der Waals surface area contributed by atoms with E-state index in [1.807, 2.05) is 6.92 Å². The van der Waals surface area contributed by atoms with Gasteiger partial charge in [0.05, 0.1) is 4.90 Å². The number of carbonyl (C=O) groups is 1. The summed E-state index contributed by atoms with van der Waals surface area (Å²) in [4.78, 5) is 11.4. The van der Waals surface area contributed by atoms with Gasteiger partial charge in [-0.15, -0.1) is 0 Å². The number of hydrogen-bond acceptors (Lipinski definition) is 3. The van der Waals surface area contributed by atoms with Crippen molar-refractivity contribution in [2.75, 3.05) is 13.1 Å². The fraction of sp³-hybridized carbons (Fsp3) is 0.318. The maximum atomic E-state index is 14.0. The van der Waals surface area contributed by atoms with Crippen molar-refractivity contribution in [2.45, 2.75) is 37.1 Å². The zero-order valence-corrected chi connectivity index (χ0v) is 18.2. The predicted molar refractivity (Wildman–Crippen MR) is 115 cm³/mol. The molecule has 2 heterocycles. The van der Waals surface area contributed by atoms with Crippen LogP contribution in [0.15, 0.2) is 47.4 Å². The first kappa shape index (κ1) is 23.8. The Hall–Kier alpha value is -2.82. The zero-order chi connectivity index (χ0) is 22.3. The number of benzene rings is 2. The number of carboxylic acids is 1. The van der Waals surface area contributed by atoms with Gasteiger partial charge in [-0.2, -0.15) is 4.31 Å². The molecule has 1 aliphatic rings. The van der Waals surface area contributed by atoms with Gasteiger partial charge in [0.1, 0.15) is 18.2 Å². The van der Waals surface area contributed by atoms with E-state index in [-0.39, 0.29) is 35.9 Å². The van der Waals surface area contributed by atoms with Gasteiger partial charge >= 0.3 is 5.97 Å². The van der Waals surface area contributed by atoms with Crippen LogP contribution in [0.1, 0.15) is 30.0 Å². The Labute approximate surface area is 184 Å². The number of aromatic nitrogens is 1. The van der Waals surface area contributed by atoms with Crippen molar-refractivity contribution < 1.29 is 32.6 Å². The minimum atomic E-state index is -3.73. The van der Waals surface area contributed by atoms with Crippen LogP contribution >= 0.6 is 0 Å². The van der Waals surface area contributed by atoms with Gasteiger partial charge in [0, 0.05) is 29.7 Å². The molecule has 0 aliphatic carbocycles. The Balaban J connectivity index is 0.00000289. The Morgan fingerprint density at radius 2 is 1.66 bits per heavy atom. The van der Waals surface area contributed by atoms with E-state index in [4.69, 9.17) is 0 Å². The molecule has 0 atom stereocenters. The molecular formula is C22H24F2N2O5S. The van der Waals surface area contributed by atoms with Gasteiger partial charge in [-0.3, -0.25) is 4.79 Å². The monoisotopic (exact) mass is 466 g/mol. The molecule has 10 heteroatoms. The van der Waals surface area contributed by atoms with E-state index < -0.39 is 27.6 Å². The topological polar surface area (TPSA) is 111 Å². The molecule has 3 aromatic rings. The lowest BCUT2D eigenvalue weighted by Gasteiger charge is -2.31. The van der Waals surface area contributed by atoms with E-state index >= 15 is 0 Å². The second-order valence-electron chi connectivity index (χ2n) is 7.77. The number of halogens is 2. The van der Waals surface area contributed by atoms with Crippen LogP contribution < -0.4 is 0 Å². The average molecular weight is 467 g/mol. The first-order valence-electron chi connectivity index (χ1n) is 9.94. The van der Waals surface area contributed by atoms with Crippen molar-refractivity contribution in [3.63, 3.8) is 0 Å². The molecular weight excluding hydrogens is 442 g/mol. The maximum Gasteiger partial charge on any atom is 0.323 e. The summed E-state index contributed by atoms with van der Waals surface area (Å²) >= 11 is 0. The third kappa shape index (κ3) is 4.25. The Morgan fingerprint density at radius 3 is 2.25 bits per heavy atom. The number of fused-ring (bicyclic) bond motifs is 1. The van der Waals surface area contributed by atoms with Gasteiger partial charge in [-0.05, 0) is 73.7 Å². The molecule has 0 amide bonds. The highest BCUT2D eigenvalue weighted by atomic mass is 32.2. The molecule has 172 valence electrons. The second-order valence-corrected chi connectivity index (χ2v) is 9.71. The number of aliphatic carboxylic acids is 1. The summed E-state index contributed by atoms with van der Waals surface area (Å²) in [6, 6.07) is 9.05. The van der Waals surface area contributed by atoms with Crippen LogP contribution in [0.4, 0.5) is 8.78 Å². The Morgan fingerprint density at radius 1 is 1.06 bits per heavy atom. The molecule has 32 heavy (non-hydrogen) atoms. The third-order valence-electron chi connectivity index (χ3n) is 5.94. The largest absolute Gasteiger partial charge is 0.480 e. The SMILES string of the molecule is Cc1c(C2CCN(S(=O)(=O)c3ccc(F)cc3)CC2)c2cc(F)ccc2n1CC(=O)O.O. The molecule has 3 N–H and O–H groups in total. The molecule has 0 spiro atoms. The summed E-state index contributed by atoms with van der Waals surface area (Å²) in [6.07, 6.45) is 1.04. The molecule has 0 radical (unpaired) electrons. The van der Waals surface area contributed by atoms with Gasteiger partial charge in [0.2, 0.25) is 10.0 Å². The quantitative estimate of drug-likeness (QED) is 0.623. The summed E-state index contributed by atoms with van der Waals surface area (Å²) in [6.45, 7) is 2.12. The van der Waals surface area contributed by atoms with Gasteiger partial charge < -0.3 is 15.1 Å². The van der Waals surface area contributed by atoms with Crippen LogP contribution in [0, 0.1) is 18.6 Å². The first-order valence-corrected chi connectivity index (χ1v) is 11.4. The van der Waals surface area contributed by atoms with E-state index in [0.29, 0.717) is 23.7 Å². The second kappa shape index (κ2) is 8.97. The van der Waals surface area contributed by atoms with E-state index in [1.165, 1.54) is 28.6 Å². The summed E-state index contributed by atoms with van der Waals surface area (Å²) in [5.41, 5.74) is 2.27. The number of piperidine rings is 1. The molecule has 1 fully saturated rings. The van der Waals surface area contributed by atoms with Gasteiger partial charge in [-0.1, -0.05) is 0 Å². The molecule has 0 unspecified atom stereocenters. The summed E-state index contributed by atoms with van der Waals surface area (Å²) in [5.74, 6) is -1.93. The number of nitrogens with zero attached hydrogens (tertiary/aromatic N) is 2. The van der Waals surface area contributed by atoms with Gasteiger partial charge in [0.15, 0.2) is 0 Å². The molecule has 7 nitrogen and oxygen atoms in total. The molecule has 1 aliphatic heterocycles. The highest BCUT2D eigenvalue weighted by molar-refractivity contribution is 7.89. The van der Waals surface area contributed by atoms with Crippen LogP contribution in [0.3, 0.4) is 0 Å². The van der Waals surface area contributed by atoms with E-state index in [2.05, 4.69) is 0 Å². The minimum absolute atomic E-state index is 0. The highest BCUT2D eigenvalue weighted by Gasteiger charge is 2.32. The van der Waals surface area contributed by atoms with Crippen LogP contribution in [-0.4, -0.2) is 46.9 Å². The highest BCUT2D eigenvalue weighted by Crippen LogP contribution is 2.38. The van der Waals surface area contributed by atoms with Crippen molar-refractivity contribution in [3.8, 4) is 0 Å². The van der Waals surface area contributed by atoms with Crippen LogP contribution in [-0.2, 0) is 21.4 Å². The van der Waals surface area contributed by atoms with Crippen LogP contribution in [0.2, 0.25) is 0 Å². The van der Waals surface area contributed by atoms with E-state index in [9.17, 15) is 27.1 Å². The van der Waals surface area contributed by atoms with Crippen molar-refractivity contribution in [3.05, 3.63) is 65.4 Å². The third-order valence-corrected chi connectivity index (χ3v) is 7.85. The molecule has 0 saturated carbocycles. The number of rotatable bonds is 5. The number of hydrogen-bond donors (Lipinski definition) is 1. The zero-order valence-electron chi connectivity index (χ0n) is 17.4. The summed E-state index contributed by atoms with van der Waals surface area (Å²) < 4.78 is 55.9. The van der Waals surface area contributed by atoms with Gasteiger partial charge in [0.25, 0.3) is 0 Å². The van der Waals surface area contributed by atoms with Crippen molar-refractivity contribution >= 4 is 26.9 Å². The van der Waals surface area contributed by atoms with Crippen molar-refractivity contribution in [2.24, 2.45) is 0 Å². The summed E-state index contributed by atoms with van der Waals surface area (Å²) in [5, 5.41) is 9.95. The molecule has 1 aromatic heterocycles. The summed E-state index contributed by atoms with van der Waals surface area (Å²) in [7, 11) is -3.73. The standard InChI is InChI=1S/C22H22F2N2O4S.H2O/c1-14-22(19-12-17(24)4-7-20(19)26(14)13-21(27)28)15-8-10-25(11-9-15)31(29,30)18-5-2-16(23)3-6-18;/h2-7,12,15H,8-11,13H2,1H3,(H,27,28);1H2. The fourth-order valence-corrected chi connectivity index (χ4v) is 5.94. The predicted octanol–water partition coefficient (Wildman–Crippen LogP) is 3.06. The lowest BCUT2D eigenvalue weighted by molar-refractivity contribution is -0.137. The average Bonchev–Trinajstić information content (AvgIpc) is 2.98. The molecule has 0 bridgehead atoms. The first-order chi connectivity index (χ1) is 14.7. The number of carboxylic acid groups (broad SMARTS) is 1. The van der Waals surface area contributed by atoms with E-state index in [1.54, 1.807) is 10.6 Å². The minimum Gasteiger partial charge on any atom is -0.480 e. The molecule has 1 saturated heterocycles. The smallest absolute Gasteiger partial charge is 0.323 e. The normalized spacial score (nSPS) is 15.6. The fourth-order valence-electron chi connectivity index (χ4n) is 4.48. The molecule has 4 rings (SSSR count). The van der Waals surface area contributed by atoms with Crippen molar-refractivity contribution in [1.82, 2.24) is 8.87 Å². The molecule has 2 aromatic carbocycles. The van der Waals surface area contributed by atoms with Gasteiger partial charge in [-0.25, -0.2) is 17.2 Å². The Kier molecular flexibility index (Phi) is 6.68. The lowest BCUT2D eigenvalue weighted by atomic mass is 9.88. The maximum absolute atomic E-state index is 14.0. The van der Waals surface area contributed by atoms with Crippen molar-refractivity contribution in [1.29, 1.82) is 0 Å². The van der Waals surface area contributed by atoms with Crippen LogP contribution in [0.5, 0.6) is 0 Å². The van der Waals surface area contributed by atoms with Crippen LogP contribution in [0.25, 0.3) is 10.9 Å². The number of sulfonamides is 1. The van der Waals surface area contributed by atoms with E-state index in [0.717, 1.165) is 23.4 Å². The Bertz CT molecular complexity index is 1250. The lowest BCUT2D eigenvalue weighted by Crippen LogP contribution is -2.38.